The molecular weight excluding hydrogens is 321 g/mol. The Bertz CT molecular complexity index is 438. The summed E-state index contributed by atoms with van der Waals surface area (Å²) >= 11 is 3.41. The van der Waals surface area contributed by atoms with Gasteiger partial charge in [0.2, 0.25) is 0 Å². The normalized spacial score (nSPS) is 22.5. The number of nitrogens with zero attached hydrogens (tertiary/aromatic N) is 1. The third-order valence-corrected chi connectivity index (χ3v) is 4.49. The molecule has 4 heteroatoms. The zero-order valence-corrected chi connectivity index (χ0v) is 13.6. The summed E-state index contributed by atoms with van der Waals surface area (Å²) in [5.74, 6) is -0.145. The fraction of sp³-hybridized carbons (Fsp3) is 0.625. The topological polar surface area (TPSA) is 23.5 Å². The molecule has 0 saturated carbocycles. The van der Waals surface area contributed by atoms with E-state index in [4.69, 9.17) is 0 Å². The molecule has 0 radical (unpaired) electrons. The van der Waals surface area contributed by atoms with Gasteiger partial charge in [-0.25, -0.2) is 4.39 Å². The van der Waals surface area contributed by atoms with Gasteiger partial charge in [-0.3, -0.25) is 4.90 Å². The minimum Gasteiger partial charge on any atom is -0.393 e. The molecule has 2 unspecified atom stereocenters. The van der Waals surface area contributed by atoms with E-state index in [9.17, 15) is 9.50 Å². The summed E-state index contributed by atoms with van der Waals surface area (Å²) in [5, 5.41) is 9.67. The van der Waals surface area contributed by atoms with Gasteiger partial charge in [0.15, 0.2) is 0 Å². The van der Waals surface area contributed by atoms with Crippen molar-refractivity contribution in [1.82, 2.24) is 4.90 Å². The van der Waals surface area contributed by atoms with Gasteiger partial charge in [-0.15, -0.1) is 0 Å². The van der Waals surface area contributed by atoms with E-state index in [2.05, 4.69) is 20.8 Å². The zero-order valence-electron chi connectivity index (χ0n) is 12.0. The second-order valence-electron chi connectivity index (χ2n) is 5.79. The van der Waals surface area contributed by atoms with Crippen LogP contribution < -0.4 is 0 Å². The molecule has 1 aromatic carbocycles. The second kappa shape index (κ2) is 7.53. The van der Waals surface area contributed by atoms with E-state index in [0.29, 0.717) is 12.6 Å². The highest BCUT2D eigenvalue weighted by atomic mass is 79.9. The van der Waals surface area contributed by atoms with E-state index < -0.39 is 0 Å². The van der Waals surface area contributed by atoms with Crippen molar-refractivity contribution in [3.63, 3.8) is 0 Å². The first-order valence-electron chi connectivity index (χ1n) is 7.42. The van der Waals surface area contributed by atoms with E-state index in [1.807, 2.05) is 13.0 Å². The lowest BCUT2D eigenvalue weighted by Gasteiger charge is -2.31. The Morgan fingerprint density at radius 3 is 2.95 bits per heavy atom. The van der Waals surface area contributed by atoms with Gasteiger partial charge >= 0.3 is 0 Å². The molecule has 0 spiro atoms. The lowest BCUT2D eigenvalue weighted by Crippen LogP contribution is -2.36. The molecule has 1 aliphatic rings. The summed E-state index contributed by atoms with van der Waals surface area (Å²) in [6.45, 7) is 3.45. The minimum absolute atomic E-state index is 0.145. The van der Waals surface area contributed by atoms with Crippen LogP contribution in [0.15, 0.2) is 22.7 Å². The Kier molecular flexibility index (Phi) is 6.00. The molecule has 1 N–H and O–H groups in total. The van der Waals surface area contributed by atoms with E-state index >= 15 is 0 Å². The number of hydrogen-bond acceptors (Lipinski definition) is 2. The average Bonchev–Trinajstić information content (AvgIpc) is 2.59. The van der Waals surface area contributed by atoms with Gasteiger partial charge < -0.3 is 5.11 Å². The van der Waals surface area contributed by atoms with Gasteiger partial charge in [-0.1, -0.05) is 28.8 Å². The second-order valence-corrected chi connectivity index (χ2v) is 6.71. The van der Waals surface area contributed by atoms with Crippen LogP contribution >= 0.6 is 15.9 Å². The maximum absolute atomic E-state index is 13.9. The zero-order chi connectivity index (χ0) is 14.5. The Morgan fingerprint density at radius 2 is 2.20 bits per heavy atom. The third kappa shape index (κ3) is 4.54. The number of halogens is 2. The standard InChI is InChI=1S/C16H23BrFNO/c1-12(20)9-15-5-3-2-4-8-19(15)11-13-10-14(17)6-7-16(13)18/h6-7,10,12,15,20H,2-5,8-9,11H2,1H3. The molecule has 1 aliphatic heterocycles. The van der Waals surface area contributed by atoms with Crippen LogP contribution in [0.25, 0.3) is 0 Å². The van der Waals surface area contributed by atoms with Crippen molar-refractivity contribution >= 4 is 15.9 Å². The van der Waals surface area contributed by atoms with Crippen molar-refractivity contribution in [2.24, 2.45) is 0 Å². The highest BCUT2D eigenvalue weighted by Crippen LogP contribution is 2.24. The van der Waals surface area contributed by atoms with Crippen LogP contribution in [0.2, 0.25) is 0 Å². The van der Waals surface area contributed by atoms with E-state index in [0.717, 1.165) is 35.8 Å². The minimum atomic E-state index is -0.298. The van der Waals surface area contributed by atoms with Gasteiger partial charge in [-0.05, 0) is 50.9 Å². The van der Waals surface area contributed by atoms with E-state index in [-0.39, 0.29) is 11.9 Å². The Hall–Kier alpha value is -0.450. The smallest absolute Gasteiger partial charge is 0.127 e. The number of aliphatic hydroxyl groups is 1. The molecule has 2 atom stereocenters. The first kappa shape index (κ1) is 15.9. The van der Waals surface area contributed by atoms with Gasteiger partial charge in [0, 0.05) is 22.6 Å². The summed E-state index contributed by atoms with van der Waals surface area (Å²) in [7, 11) is 0. The monoisotopic (exact) mass is 343 g/mol. The highest BCUT2D eigenvalue weighted by Gasteiger charge is 2.23. The first-order chi connectivity index (χ1) is 9.56. The summed E-state index contributed by atoms with van der Waals surface area (Å²) in [6.07, 6.45) is 5.16. The number of aliphatic hydroxyl groups excluding tert-OH is 1. The molecule has 0 amide bonds. The summed E-state index contributed by atoms with van der Waals surface area (Å²) in [6, 6.07) is 5.46. The van der Waals surface area contributed by atoms with Crippen molar-refractivity contribution in [3.8, 4) is 0 Å². The maximum Gasteiger partial charge on any atom is 0.127 e. The predicted octanol–water partition coefficient (Wildman–Crippen LogP) is 4.10. The van der Waals surface area contributed by atoms with Gasteiger partial charge in [-0.2, -0.15) is 0 Å². The van der Waals surface area contributed by atoms with Crippen LogP contribution in [0, 0.1) is 5.82 Å². The van der Waals surface area contributed by atoms with Crippen molar-refractivity contribution < 1.29 is 9.50 Å². The third-order valence-electron chi connectivity index (χ3n) is 3.99. The van der Waals surface area contributed by atoms with Crippen LogP contribution in [0.1, 0.15) is 44.6 Å². The van der Waals surface area contributed by atoms with Crippen LogP contribution in [0.5, 0.6) is 0 Å². The van der Waals surface area contributed by atoms with Crippen LogP contribution in [0.3, 0.4) is 0 Å². The molecule has 0 bridgehead atoms. The number of benzene rings is 1. The molecule has 20 heavy (non-hydrogen) atoms. The van der Waals surface area contributed by atoms with Crippen LogP contribution in [-0.2, 0) is 6.54 Å². The largest absolute Gasteiger partial charge is 0.393 e. The molecule has 0 aliphatic carbocycles. The Labute approximate surface area is 129 Å². The van der Waals surface area contributed by atoms with Crippen LogP contribution in [-0.4, -0.2) is 28.7 Å². The molecular formula is C16H23BrFNO. The number of rotatable bonds is 4. The van der Waals surface area contributed by atoms with E-state index in [1.165, 1.54) is 18.9 Å². The SMILES string of the molecule is CC(O)CC1CCCCCN1Cc1cc(Br)ccc1F. The molecule has 1 saturated heterocycles. The predicted molar refractivity (Wildman–Crippen MR) is 83.1 cm³/mol. The fourth-order valence-corrected chi connectivity index (χ4v) is 3.40. The van der Waals surface area contributed by atoms with E-state index in [1.54, 1.807) is 6.07 Å². The van der Waals surface area contributed by atoms with Gasteiger partial charge in [0.1, 0.15) is 5.82 Å². The van der Waals surface area contributed by atoms with Crippen molar-refractivity contribution in [3.05, 3.63) is 34.1 Å². The maximum atomic E-state index is 13.9. The quantitative estimate of drug-likeness (QED) is 0.889. The molecule has 2 rings (SSSR count). The molecule has 1 heterocycles. The molecule has 2 nitrogen and oxygen atoms in total. The lowest BCUT2D eigenvalue weighted by molar-refractivity contribution is 0.107. The number of likely N-dealkylation sites (tertiary alicyclic amines) is 1. The fourth-order valence-electron chi connectivity index (χ4n) is 2.99. The number of hydrogen-bond donors (Lipinski definition) is 1. The van der Waals surface area contributed by atoms with Gasteiger partial charge in [0.05, 0.1) is 6.10 Å². The molecule has 1 aromatic rings. The first-order valence-corrected chi connectivity index (χ1v) is 8.21. The summed E-state index contributed by atoms with van der Waals surface area (Å²) in [4.78, 5) is 2.34. The summed E-state index contributed by atoms with van der Waals surface area (Å²) in [5.41, 5.74) is 0.733. The van der Waals surface area contributed by atoms with Crippen molar-refractivity contribution in [1.29, 1.82) is 0 Å². The Morgan fingerprint density at radius 1 is 1.40 bits per heavy atom. The summed E-state index contributed by atoms with van der Waals surface area (Å²) < 4.78 is 14.8. The van der Waals surface area contributed by atoms with Crippen molar-refractivity contribution in [2.75, 3.05) is 6.54 Å². The lowest BCUT2D eigenvalue weighted by atomic mass is 10.0. The Balaban J connectivity index is 2.12. The molecule has 112 valence electrons. The molecule has 1 fully saturated rings. The highest BCUT2D eigenvalue weighted by molar-refractivity contribution is 9.10. The van der Waals surface area contributed by atoms with Crippen molar-refractivity contribution in [2.45, 2.75) is 57.7 Å². The average molecular weight is 344 g/mol. The molecule has 0 aromatic heterocycles. The van der Waals surface area contributed by atoms with Crippen LogP contribution in [0.4, 0.5) is 4.39 Å². The van der Waals surface area contributed by atoms with Gasteiger partial charge in [0.25, 0.3) is 0 Å².